The van der Waals surface area contributed by atoms with Crippen molar-refractivity contribution in [2.75, 3.05) is 13.1 Å². The van der Waals surface area contributed by atoms with Crippen molar-refractivity contribution in [3.05, 3.63) is 34.9 Å². The van der Waals surface area contributed by atoms with Crippen LogP contribution >= 0.6 is 11.6 Å². The molecule has 2 aromatic rings. The van der Waals surface area contributed by atoms with E-state index in [-0.39, 0.29) is 18.5 Å². The van der Waals surface area contributed by atoms with Crippen molar-refractivity contribution >= 4 is 17.5 Å². The van der Waals surface area contributed by atoms with E-state index in [1.807, 2.05) is 13.8 Å². The first-order valence-corrected chi connectivity index (χ1v) is 8.05. The third kappa shape index (κ3) is 3.11. The highest BCUT2D eigenvalue weighted by Crippen LogP contribution is 2.31. The van der Waals surface area contributed by atoms with Crippen LogP contribution < -0.4 is 0 Å². The fourth-order valence-electron chi connectivity index (χ4n) is 2.82. The summed E-state index contributed by atoms with van der Waals surface area (Å²) in [6, 6.07) is 1.76. The number of nitrogens with zero attached hydrogens (tertiary/aromatic N) is 4. The van der Waals surface area contributed by atoms with Gasteiger partial charge in [0.05, 0.1) is 17.8 Å². The molecule has 1 amide bonds. The fourth-order valence-corrected chi connectivity index (χ4v) is 2.99. The number of carbonyl (C=O) groups is 1. The fraction of sp³-hybridized carbons (Fsp3) is 0.533. The van der Waals surface area contributed by atoms with Crippen molar-refractivity contribution in [2.45, 2.75) is 38.3 Å². The molecule has 0 aliphatic carbocycles. The van der Waals surface area contributed by atoms with Crippen LogP contribution in [-0.2, 0) is 5.60 Å². The minimum Gasteiger partial charge on any atom is -0.382 e. The Morgan fingerprint density at radius 1 is 1.52 bits per heavy atom. The number of rotatable bonds is 3. The summed E-state index contributed by atoms with van der Waals surface area (Å²) in [5.74, 6) is -0.175. The Hall–Kier alpha value is -1.86. The maximum Gasteiger partial charge on any atom is 0.270 e. The average molecular weight is 338 g/mol. The lowest BCUT2D eigenvalue weighted by atomic mass is 9.90. The Labute approximate surface area is 139 Å². The number of piperidine rings is 1. The number of amides is 1. The van der Waals surface area contributed by atoms with Gasteiger partial charge >= 0.3 is 0 Å². The van der Waals surface area contributed by atoms with Crippen LogP contribution in [0.1, 0.15) is 48.9 Å². The molecular formula is C15H20ClN5O2. The number of carbonyl (C=O) groups excluding carboxylic acids is 1. The predicted molar refractivity (Wildman–Crippen MR) is 85.2 cm³/mol. The minimum absolute atomic E-state index is 0.169. The molecule has 0 spiro atoms. The van der Waals surface area contributed by atoms with Crippen molar-refractivity contribution in [1.82, 2.24) is 24.9 Å². The molecule has 124 valence electrons. The molecule has 1 unspecified atom stereocenters. The van der Waals surface area contributed by atoms with Gasteiger partial charge in [-0.05, 0) is 32.8 Å². The Morgan fingerprint density at radius 3 is 2.91 bits per heavy atom. The topological polar surface area (TPSA) is 87.0 Å². The number of hydrogen-bond acceptors (Lipinski definition) is 4. The number of likely N-dealkylation sites (tertiary alicyclic amines) is 1. The van der Waals surface area contributed by atoms with Crippen molar-refractivity contribution in [3.8, 4) is 0 Å². The third-order valence-corrected chi connectivity index (χ3v) is 4.37. The molecule has 0 saturated carbocycles. The van der Waals surface area contributed by atoms with Gasteiger partial charge in [0.15, 0.2) is 0 Å². The minimum atomic E-state index is -1.17. The van der Waals surface area contributed by atoms with E-state index >= 15 is 0 Å². The molecule has 2 aromatic heterocycles. The largest absolute Gasteiger partial charge is 0.382 e. The first-order valence-electron chi connectivity index (χ1n) is 7.67. The normalized spacial score (nSPS) is 21.9. The lowest BCUT2D eigenvalue weighted by molar-refractivity contribution is -0.0322. The SMILES string of the molecule is CC(C)n1cc(C2(O)CCCN(C(=O)c3cc(Cl)c[nH]3)C2)nn1. The second-order valence-electron chi connectivity index (χ2n) is 6.27. The van der Waals surface area contributed by atoms with Gasteiger partial charge in [-0.1, -0.05) is 16.8 Å². The molecule has 23 heavy (non-hydrogen) atoms. The molecule has 3 rings (SSSR count). The van der Waals surface area contributed by atoms with E-state index in [0.717, 1.165) is 0 Å². The second-order valence-corrected chi connectivity index (χ2v) is 6.71. The highest BCUT2D eigenvalue weighted by Gasteiger charge is 2.39. The van der Waals surface area contributed by atoms with E-state index in [4.69, 9.17) is 11.6 Å². The zero-order valence-corrected chi connectivity index (χ0v) is 13.9. The Bertz CT molecular complexity index is 710. The zero-order chi connectivity index (χ0) is 16.6. The monoisotopic (exact) mass is 337 g/mol. The van der Waals surface area contributed by atoms with Gasteiger partial charge in [0.2, 0.25) is 0 Å². The van der Waals surface area contributed by atoms with Crippen LogP contribution in [0.3, 0.4) is 0 Å². The summed E-state index contributed by atoms with van der Waals surface area (Å²) >= 11 is 5.86. The Morgan fingerprint density at radius 2 is 2.30 bits per heavy atom. The smallest absolute Gasteiger partial charge is 0.270 e. The Kier molecular flexibility index (Phi) is 4.16. The molecule has 1 saturated heterocycles. The quantitative estimate of drug-likeness (QED) is 0.896. The van der Waals surface area contributed by atoms with Crippen LogP contribution in [0.25, 0.3) is 0 Å². The van der Waals surface area contributed by atoms with Crippen molar-refractivity contribution < 1.29 is 9.90 Å². The van der Waals surface area contributed by atoms with Crippen LogP contribution in [-0.4, -0.2) is 49.0 Å². The highest BCUT2D eigenvalue weighted by molar-refractivity contribution is 6.30. The standard InChI is InChI=1S/C15H20ClN5O2/c1-10(2)21-8-13(18-19-21)15(23)4-3-5-20(9-15)14(22)12-6-11(16)7-17-12/h6-8,10,17,23H,3-5,9H2,1-2H3. The first kappa shape index (κ1) is 16.0. The molecule has 1 aliphatic rings. The summed E-state index contributed by atoms with van der Waals surface area (Å²) in [7, 11) is 0. The van der Waals surface area contributed by atoms with E-state index < -0.39 is 5.60 Å². The highest BCUT2D eigenvalue weighted by atomic mass is 35.5. The van der Waals surface area contributed by atoms with E-state index in [0.29, 0.717) is 35.8 Å². The lowest BCUT2D eigenvalue weighted by Crippen LogP contribution is -2.48. The average Bonchev–Trinajstić information content (AvgIpc) is 3.15. The third-order valence-electron chi connectivity index (χ3n) is 4.15. The molecular weight excluding hydrogens is 318 g/mol. The van der Waals surface area contributed by atoms with Crippen LogP contribution in [0.4, 0.5) is 0 Å². The van der Waals surface area contributed by atoms with Crippen LogP contribution in [0, 0.1) is 0 Å². The molecule has 0 radical (unpaired) electrons. The van der Waals surface area contributed by atoms with Crippen molar-refractivity contribution in [2.24, 2.45) is 0 Å². The lowest BCUT2D eigenvalue weighted by Gasteiger charge is -2.37. The number of hydrogen-bond donors (Lipinski definition) is 2. The first-order chi connectivity index (χ1) is 10.9. The second kappa shape index (κ2) is 5.98. The molecule has 7 nitrogen and oxygen atoms in total. The molecule has 0 bridgehead atoms. The summed E-state index contributed by atoms with van der Waals surface area (Å²) in [6.07, 6.45) is 4.58. The van der Waals surface area contributed by atoms with Gasteiger partial charge in [-0.3, -0.25) is 4.79 Å². The number of aromatic amines is 1. The Balaban J connectivity index is 1.80. The summed E-state index contributed by atoms with van der Waals surface area (Å²) in [4.78, 5) is 17.0. The molecule has 1 fully saturated rings. The maximum atomic E-state index is 12.5. The number of halogens is 1. The van der Waals surface area contributed by atoms with E-state index in [1.165, 1.54) is 0 Å². The van der Waals surface area contributed by atoms with Crippen LogP contribution in [0.5, 0.6) is 0 Å². The van der Waals surface area contributed by atoms with Gasteiger partial charge in [0.1, 0.15) is 17.0 Å². The molecule has 0 aromatic carbocycles. The molecule has 3 heterocycles. The number of aromatic nitrogens is 4. The molecule has 8 heteroatoms. The van der Waals surface area contributed by atoms with Gasteiger partial charge in [0.25, 0.3) is 5.91 Å². The zero-order valence-electron chi connectivity index (χ0n) is 13.2. The molecule has 1 aliphatic heterocycles. The van der Waals surface area contributed by atoms with E-state index in [9.17, 15) is 9.90 Å². The summed E-state index contributed by atoms with van der Waals surface area (Å²) in [6.45, 7) is 4.78. The maximum absolute atomic E-state index is 12.5. The number of β-amino-alcohol motifs (C(OH)–C–C–N with tert-alkyl or cyclic N) is 1. The van der Waals surface area contributed by atoms with Gasteiger partial charge in [0, 0.05) is 18.8 Å². The summed E-state index contributed by atoms with van der Waals surface area (Å²) in [5.41, 5.74) is -0.240. The van der Waals surface area contributed by atoms with Gasteiger partial charge in [-0.25, -0.2) is 4.68 Å². The molecule has 1 atom stereocenters. The van der Waals surface area contributed by atoms with E-state index in [1.54, 1.807) is 28.0 Å². The number of aliphatic hydroxyl groups is 1. The van der Waals surface area contributed by atoms with Gasteiger partial charge in [-0.15, -0.1) is 5.10 Å². The van der Waals surface area contributed by atoms with Crippen LogP contribution in [0.15, 0.2) is 18.5 Å². The van der Waals surface area contributed by atoms with E-state index in [2.05, 4.69) is 15.3 Å². The van der Waals surface area contributed by atoms with Crippen molar-refractivity contribution in [1.29, 1.82) is 0 Å². The summed E-state index contributed by atoms with van der Waals surface area (Å²) in [5, 5.41) is 19.6. The van der Waals surface area contributed by atoms with Crippen molar-refractivity contribution in [3.63, 3.8) is 0 Å². The predicted octanol–water partition coefficient (Wildman–Crippen LogP) is 1.96. The van der Waals surface area contributed by atoms with Crippen LogP contribution in [0.2, 0.25) is 5.02 Å². The van der Waals surface area contributed by atoms with Gasteiger partial charge < -0.3 is 15.0 Å². The number of H-pyrrole nitrogens is 1. The summed E-state index contributed by atoms with van der Waals surface area (Å²) < 4.78 is 1.71. The number of nitrogens with one attached hydrogen (secondary N) is 1. The molecule has 2 N–H and O–H groups in total. The van der Waals surface area contributed by atoms with Gasteiger partial charge in [-0.2, -0.15) is 0 Å².